The van der Waals surface area contributed by atoms with Crippen molar-refractivity contribution in [2.45, 2.75) is 6.18 Å². The van der Waals surface area contributed by atoms with Crippen LogP contribution in [0.1, 0.15) is 10.6 Å². The highest BCUT2D eigenvalue weighted by molar-refractivity contribution is 5.94. The van der Waals surface area contributed by atoms with Gasteiger partial charge in [0.25, 0.3) is 5.56 Å². The Morgan fingerprint density at radius 2 is 2.00 bits per heavy atom. The average Bonchev–Trinajstić information content (AvgIpc) is 2.14. The standard InChI is InChI=1S/C7H4F3N3O4/c8-7(9,10)6(17)12-2-1-3(14)13-4(11-2)5(15)16/h1H,(H,15,16)(H2,11,12,13,14,17). The lowest BCUT2D eigenvalue weighted by Gasteiger charge is -2.06. The fraction of sp³-hybridized carbons (Fsp3) is 0.143. The molecule has 1 aromatic rings. The Kier molecular flexibility index (Phi) is 3.16. The first-order valence-electron chi connectivity index (χ1n) is 3.93. The van der Waals surface area contributed by atoms with E-state index in [0.717, 1.165) is 0 Å². The number of nitrogens with zero attached hydrogens (tertiary/aromatic N) is 1. The molecule has 3 N–H and O–H groups in total. The fourth-order valence-electron chi connectivity index (χ4n) is 0.810. The van der Waals surface area contributed by atoms with Crippen LogP contribution in [0.4, 0.5) is 19.0 Å². The summed E-state index contributed by atoms with van der Waals surface area (Å²) in [5.41, 5.74) is -1.00. The van der Waals surface area contributed by atoms with E-state index in [0.29, 0.717) is 6.07 Å². The maximum Gasteiger partial charge on any atom is 0.471 e. The summed E-state index contributed by atoms with van der Waals surface area (Å²) in [7, 11) is 0. The van der Waals surface area contributed by atoms with Gasteiger partial charge in [-0.15, -0.1) is 0 Å². The molecule has 1 heterocycles. The monoisotopic (exact) mass is 251 g/mol. The normalized spacial score (nSPS) is 11.0. The third kappa shape index (κ3) is 3.29. The van der Waals surface area contributed by atoms with E-state index in [9.17, 15) is 27.6 Å². The quantitative estimate of drug-likeness (QED) is 0.683. The van der Waals surface area contributed by atoms with Crippen LogP contribution >= 0.6 is 0 Å². The van der Waals surface area contributed by atoms with E-state index in [4.69, 9.17) is 5.11 Å². The number of carboxylic acids is 1. The molecule has 1 aromatic heterocycles. The summed E-state index contributed by atoms with van der Waals surface area (Å²) in [5, 5.41) is 9.72. The molecule has 92 valence electrons. The van der Waals surface area contributed by atoms with E-state index in [-0.39, 0.29) is 0 Å². The molecule has 0 aliphatic carbocycles. The van der Waals surface area contributed by atoms with Gasteiger partial charge in [-0.25, -0.2) is 9.78 Å². The highest BCUT2D eigenvalue weighted by atomic mass is 19.4. The Hall–Kier alpha value is -2.39. The second-order valence-corrected chi connectivity index (χ2v) is 2.74. The van der Waals surface area contributed by atoms with E-state index in [1.165, 1.54) is 5.32 Å². The summed E-state index contributed by atoms with van der Waals surface area (Å²) in [4.78, 5) is 36.6. The average molecular weight is 251 g/mol. The highest BCUT2D eigenvalue weighted by Gasteiger charge is 2.39. The number of carbonyl (C=O) groups is 2. The second-order valence-electron chi connectivity index (χ2n) is 2.74. The van der Waals surface area contributed by atoms with Crippen molar-refractivity contribution in [2.75, 3.05) is 5.32 Å². The summed E-state index contributed by atoms with van der Waals surface area (Å²) >= 11 is 0. The minimum atomic E-state index is -5.16. The lowest BCUT2D eigenvalue weighted by atomic mass is 10.5. The molecule has 0 aliphatic rings. The molecule has 0 atom stereocenters. The van der Waals surface area contributed by atoms with Crippen molar-refractivity contribution in [1.29, 1.82) is 0 Å². The first kappa shape index (κ1) is 12.7. The van der Waals surface area contributed by atoms with Gasteiger partial charge in [0.1, 0.15) is 5.82 Å². The SMILES string of the molecule is O=C(O)c1nc(NC(=O)C(F)(F)F)cc(=O)[nH]1. The molecule has 0 bridgehead atoms. The Morgan fingerprint density at radius 3 is 2.47 bits per heavy atom. The maximum atomic E-state index is 11.9. The van der Waals surface area contributed by atoms with Crippen LogP contribution in [0.15, 0.2) is 10.9 Å². The van der Waals surface area contributed by atoms with E-state index in [1.807, 2.05) is 0 Å². The summed E-state index contributed by atoms with van der Waals surface area (Å²) in [6.45, 7) is 0. The third-order valence-corrected chi connectivity index (χ3v) is 1.44. The Balaban J connectivity index is 3.04. The topological polar surface area (TPSA) is 112 Å². The van der Waals surface area contributed by atoms with Crippen LogP contribution in [0.2, 0.25) is 0 Å². The Labute approximate surface area is 90.3 Å². The molecule has 10 heteroatoms. The van der Waals surface area contributed by atoms with Crippen LogP contribution in [-0.2, 0) is 4.79 Å². The predicted octanol–water partition coefficient (Wildman–Crippen LogP) is -0.0311. The fourth-order valence-corrected chi connectivity index (χ4v) is 0.810. The number of halogens is 3. The zero-order chi connectivity index (χ0) is 13.2. The number of hydrogen-bond acceptors (Lipinski definition) is 4. The number of nitrogens with one attached hydrogen (secondary N) is 2. The van der Waals surface area contributed by atoms with Crippen LogP contribution in [0.3, 0.4) is 0 Å². The predicted molar refractivity (Wildman–Crippen MR) is 46.5 cm³/mol. The van der Waals surface area contributed by atoms with Gasteiger partial charge in [-0.05, 0) is 0 Å². The van der Waals surface area contributed by atoms with E-state index < -0.39 is 35.3 Å². The molecular formula is C7H4F3N3O4. The van der Waals surface area contributed by atoms with Gasteiger partial charge in [0.15, 0.2) is 0 Å². The van der Waals surface area contributed by atoms with Crippen molar-refractivity contribution in [1.82, 2.24) is 9.97 Å². The number of carboxylic acid groups (broad SMARTS) is 1. The number of hydrogen-bond donors (Lipinski definition) is 3. The van der Waals surface area contributed by atoms with Crippen LogP contribution in [0.5, 0.6) is 0 Å². The highest BCUT2D eigenvalue weighted by Crippen LogP contribution is 2.16. The first-order valence-corrected chi connectivity index (χ1v) is 3.93. The molecule has 0 spiro atoms. The molecule has 0 aromatic carbocycles. The number of H-pyrrole nitrogens is 1. The van der Waals surface area contributed by atoms with Gasteiger partial charge in [0.05, 0.1) is 0 Å². The van der Waals surface area contributed by atoms with E-state index in [2.05, 4.69) is 4.98 Å². The van der Waals surface area contributed by atoms with Gasteiger partial charge in [-0.3, -0.25) is 9.59 Å². The number of rotatable bonds is 2. The van der Waals surface area contributed by atoms with Gasteiger partial charge >= 0.3 is 18.1 Å². The molecule has 0 saturated carbocycles. The van der Waals surface area contributed by atoms with Crippen LogP contribution in [-0.4, -0.2) is 33.1 Å². The van der Waals surface area contributed by atoms with Crippen molar-refractivity contribution >= 4 is 17.7 Å². The second kappa shape index (κ2) is 4.23. The van der Waals surface area contributed by atoms with Gasteiger partial charge < -0.3 is 15.4 Å². The molecule has 0 unspecified atom stereocenters. The molecule has 1 rings (SSSR count). The summed E-state index contributed by atoms with van der Waals surface area (Å²) in [5.74, 6) is -5.68. The number of anilines is 1. The van der Waals surface area contributed by atoms with Crippen molar-refractivity contribution in [2.24, 2.45) is 0 Å². The van der Waals surface area contributed by atoms with Crippen molar-refractivity contribution < 1.29 is 27.9 Å². The smallest absolute Gasteiger partial charge is 0.471 e. The number of aromatic nitrogens is 2. The van der Waals surface area contributed by atoms with Crippen molar-refractivity contribution in [3.63, 3.8) is 0 Å². The van der Waals surface area contributed by atoms with E-state index >= 15 is 0 Å². The molecule has 17 heavy (non-hydrogen) atoms. The summed E-state index contributed by atoms with van der Waals surface area (Å²) in [6.07, 6.45) is -5.16. The number of aromatic carboxylic acids is 1. The van der Waals surface area contributed by atoms with E-state index in [1.54, 1.807) is 4.98 Å². The minimum Gasteiger partial charge on any atom is -0.475 e. The first-order chi connectivity index (χ1) is 7.70. The zero-order valence-corrected chi connectivity index (χ0v) is 7.83. The molecule has 0 saturated heterocycles. The lowest BCUT2D eigenvalue weighted by Crippen LogP contribution is -2.31. The van der Waals surface area contributed by atoms with Crippen LogP contribution in [0, 0.1) is 0 Å². The van der Waals surface area contributed by atoms with Gasteiger partial charge in [-0.2, -0.15) is 13.2 Å². The number of carbonyl (C=O) groups excluding carboxylic acids is 1. The van der Waals surface area contributed by atoms with Crippen molar-refractivity contribution in [3.8, 4) is 0 Å². The number of alkyl halides is 3. The van der Waals surface area contributed by atoms with Crippen molar-refractivity contribution in [3.05, 3.63) is 22.2 Å². The van der Waals surface area contributed by atoms with Crippen LogP contribution in [0.25, 0.3) is 0 Å². The van der Waals surface area contributed by atoms with Crippen LogP contribution < -0.4 is 10.9 Å². The van der Waals surface area contributed by atoms with Gasteiger partial charge in [0.2, 0.25) is 5.82 Å². The molecule has 7 nitrogen and oxygen atoms in total. The summed E-state index contributed by atoms with van der Waals surface area (Å²) < 4.78 is 35.6. The lowest BCUT2D eigenvalue weighted by molar-refractivity contribution is -0.167. The largest absolute Gasteiger partial charge is 0.475 e. The summed E-state index contributed by atoms with van der Waals surface area (Å²) in [6, 6.07) is 0.524. The molecule has 0 fully saturated rings. The minimum absolute atomic E-state index is 0.524. The third-order valence-electron chi connectivity index (χ3n) is 1.44. The maximum absolute atomic E-state index is 11.9. The molecule has 0 aliphatic heterocycles. The molecular weight excluding hydrogens is 247 g/mol. The molecule has 1 amide bonds. The van der Waals surface area contributed by atoms with Gasteiger partial charge in [-0.1, -0.05) is 0 Å². The van der Waals surface area contributed by atoms with Gasteiger partial charge in [0, 0.05) is 6.07 Å². The molecule has 0 radical (unpaired) electrons. The number of aromatic amines is 1. The Bertz CT molecular complexity index is 522. The number of amides is 1. The Morgan fingerprint density at radius 1 is 1.41 bits per heavy atom. The zero-order valence-electron chi connectivity index (χ0n) is 7.83.